The number of rotatable bonds is 4. The van der Waals surface area contributed by atoms with Crippen molar-refractivity contribution >= 4 is 29.1 Å². The van der Waals surface area contributed by atoms with E-state index >= 15 is 0 Å². The van der Waals surface area contributed by atoms with E-state index in [9.17, 15) is 13.2 Å². The Morgan fingerprint density at radius 3 is 2.64 bits per heavy atom. The molecule has 22 heavy (non-hydrogen) atoms. The highest BCUT2D eigenvalue weighted by atomic mass is 35.5. The molecule has 4 nitrogen and oxygen atoms in total. The number of halogens is 4. The molecule has 116 valence electrons. The summed E-state index contributed by atoms with van der Waals surface area (Å²) in [5.74, 6) is 0.815. The molecule has 2 N–H and O–H groups in total. The van der Waals surface area contributed by atoms with E-state index in [1.807, 2.05) is 0 Å². The first-order valence-corrected chi connectivity index (χ1v) is 7.03. The molecule has 0 radical (unpaired) electrons. The topological polar surface area (TPSA) is 49.8 Å². The Hall–Kier alpha value is -2.02. The maximum Gasteiger partial charge on any atom is 0.416 e. The van der Waals surface area contributed by atoms with Gasteiger partial charge in [-0.25, -0.2) is 4.98 Å². The SMILES string of the molecule is FC(F)(F)c1ccc(Cl)c(Nc2nccc(NC3CC3)n2)c1. The number of nitrogens with one attached hydrogen (secondary N) is 2. The van der Waals surface area contributed by atoms with Crippen molar-refractivity contribution in [3.63, 3.8) is 0 Å². The van der Waals surface area contributed by atoms with Crippen molar-refractivity contribution in [1.82, 2.24) is 9.97 Å². The molecule has 0 saturated heterocycles. The Balaban J connectivity index is 1.82. The van der Waals surface area contributed by atoms with E-state index in [-0.39, 0.29) is 16.7 Å². The monoisotopic (exact) mass is 328 g/mol. The normalized spacial score (nSPS) is 14.7. The minimum Gasteiger partial charge on any atom is -0.367 e. The predicted octanol–water partition coefficient (Wildman–Crippen LogP) is 4.47. The Kier molecular flexibility index (Phi) is 3.82. The summed E-state index contributed by atoms with van der Waals surface area (Å²) < 4.78 is 38.2. The Morgan fingerprint density at radius 2 is 1.95 bits per heavy atom. The predicted molar refractivity (Wildman–Crippen MR) is 78.4 cm³/mol. The first-order valence-electron chi connectivity index (χ1n) is 6.65. The molecule has 1 aliphatic carbocycles. The highest BCUT2D eigenvalue weighted by molar-refractivity contribution is 6.33. The molecule has 8 heteroatoms. The van der Waals surface area contributed by atoms with E-state index < -0.39 is 11.7 Å². The first kappa shape index (κ1) is 14.9. The highest BCUT2D eigenvalue weighted by Gasteiger charge is 2.31. The zero-order chi connectivity index (χ0) is 15.7. The second kappa shape index (κ2) is 5.64. The Morgan fingerprint density at radius 1 is 1.18 bits per heavy atom. The van der Waals surface area contributed by atoms with Gasteiger partial charge < -0.3 is 10.6 Å². The highest BCUT2D eigenvalue weighted by Crippen LogP contribution is 2.34. The van der Waals surface area contributed by atoms with E-state index in [1.165, 1.54) is 12.3 Å². The van der Waals surface area contributed by atoms with Crippen molar-refractivity contribution in [2.45, 2.75) is 25.1 Å². The van der Waals surface area contributed by atoms with Gasteiger partial charge in [-0.1, -0.05) is 11.6 Å². The molecule has 1 fully saturated rings. The van der Waals surface area contributed by atoms with Crippen LogP contribution < -0.4 is 10.6 Å². The van der Waals surface area contributed by atoms with Crippen molar-refractivity contribution in [2.24, 2.45) is 0 Å². The first-order chi connectivity index (χ1) is 10.4. The number of nitrogens with zero attached hydrogens (tertiary/aromatic N) is 2. The quantitative estimate of drug-likeness (QED) is 0.869. The van der Waals surface area contributed by atoms with Crippen molar-refractivity contribution in [3.8, 4) is 0 Å². The lowest BCUT2D eigenvalue weighted by atomic mass is 10.2. The zero-order valence-corrected chi connectivity index (χ0v) is 12.0. The largest absolute Gasteiger partial charge is 0.416 e. The van der Waals surface area contributed by atoms with E-state index in [1.54, 1.807) is 6.07 Å². The van der Waals surface area contributed by atoms with E-state index in [0.717, 1.165) is 25.0 Å². The van der Waals surface area contributed by atoms with Crippen LogP contribution in [0, 0.1) is 0 Å². The van der Waals surface area contributed by atoms with Crippen LogP contribution in [0.3, 0.4) is 0 Å². The summed E-state index contributed by atoms with van der Waals surface area (Å²) in [6.07, 6.45) is -0.725. The fourth-order valence-electron chi connectivity index (χ4n) is 1.85. The molecule has 0 atom stereocenters. The van der Waals surface area contributed by atoms with Crippen LogP contribution in [0.1, 0.15) is 18.4 Å². The molecule has 1 aromatic heterocycles. The molecule has 3 rings (SSSR count). The fourth-order valence-corrected chi connectivity index (χ4v) is 2.02. The van der Waals surface area contributed by atoms with Crippen LogP contribution >= 0.6 is 11.6 Å². The number of hydrogen-bond donors (Lipinski definition) is 2. The lowest BCUT2D eigenvalue weighted by Gasteiger charge is -2.12. The van der Waals surface area contributed by atoms with Crippen molar-refractivity contribution in [2.75, 3.05) is 10.6 Å². The van der Waals surface area contributed by atoms with Crippen LogP contribution in [0.2, 0.25) is 5.02 Å². The van der Waals surface area contributed by atoms with Crippen LogP contribution in [0.15, 0.2) is 30.5 Å². The van der Waals surface area contributed by atoms with Gasteiger partial charge in [0.05, 0.1) is 16.3 Å². The summed E-state index contributed by atoms with van der Waals surface area (Å²) >= 11 is 5.93. The van der Waals surface area contributed by atoms with E-state index in [0.29, 0.717) is 11.9 Å². The molecule has 2 aromatic rings. The van der Waals surface area contributed by atoms with Gasteiger partial charge in [0.15, 0.2) is 0 Å². The third kappa shape index (κ3) is 3.59. The van der Waals surface area contributed by atoms with E-state index in [2.05, 4.69) is 20.6 Å². The van der Waals surface area contributed by atoms with Gasteiger partial charge >= 0.3 is 6.18 Å². The van der Waals surface area contributed by atoms with Gasteiger partial charge in [-0.05, 0) is 37.1 Å². The fraction of sp³-hybridized carbons (Fsp3) is 0.286. The Bertz CT molecular complexity index is 686. The second-order valence-corrected chi connectivity index (χ2v) is 5.41. The minimum absolute atomic E-state index is 0.111. The van der Waals surface area contributed by atoms with Crippen molar-refractivity contribution in [1.29, 1.82) is 0 Å². The Labute approximate surface area is 129 Å². The van der Waals surface area contributed by atoms with Crippen molar-refractivity contribution in [3.05, 3.63) is 41.0 Å². The van der Waals surface area contributed by atoms with Crippen molar-refractivity contribution < 1.29 is 13.2 Å². The van der Waals surface area contributed by atoms with Gasteiger partial charge in [-0.2, -0.15) is 18.2 Å². The standard InChI is InChI=1S/C14H12ClF3N4/c15-10-4-1-8(14(16,17)18)7-11(10)21-13-19-6-5-12(22-13)20-9-2-3-9/h1,4-7,9H,2-3H2,(H2,19,20,21,22). The average Bonchev–Trinajstić information content (AvgIpc) is 3.24. The smallest absolute Gasteiger partial charge is 0.367 e. The zero-order valence-electron chi connectivity index (χ0n) is 11.3. The van der Waals surface area contributed by atoms with Crippen LogP contribution in [0.4, 0.5) is 30.6 Å². The minimum atomic E-state index is -4.43. The summed E-state index contributed by atoms with van der Waals surface area (Å²) in [7, 11) is 0. The third-order valence-corrected chi connectivity index (χ3v) is 3.45. The lowest BCUT2D eigenvalue weighted by molar-refractivity contribution is -0.137. The third-order valence-electron chi connectivity index (χ3n) is 3.13. The van der Waals surface area contributed by atoms with Gasteiger partial charge in [0.25, 0.3) is 0 Å². The van der Waals surface area contributed by atoms with Crippen LogP contribution in [0.25, 0.3) is 0 Å². The van der Waals surface area contributed by atoms with Crippen LogP contribution in [0.5, 0.6) is 0 Å². The molecule has 1 saturated carbocycles. The van der Waals surface area contributed by atoms with Gasteiger partial charge in [-0.3, -0.25) is 0 Å². The summed E-state index contributed by atoms with van der Waals surface area (Å²) in [4.78, 5) is 8.20. The van der Waals surface area contributed by atoms with Gasteiger partial charge in [-0.15, -0.1) is 0 Å². The van der Waals surface area contributed by atoms with Crippen LogP contribution in [-0.4, -0.2) is 16.0 Å². The molecule has 0 amide bonds. The summed E-state index contributed by atoms with van der Waals surface area (Å²) in [5.41, 5.74) is -0.674. The molecule has 1 aromatic carbocycles. The number of benzene rings is 1. The summed E-state index contributed by atoms with van der Waals surface area (Å²) in [6.45, 7) is 0. The molecular formula is C14H12ClF3N4. The number of alkyl halides is 3. The molecule has 1 aliphatic rings. The second-order valence-electron chi connectivity index (χ2n) is 5.00. The summed E-state index contributed by atoms with van der Waals surface area (Å²) in [6, 6.07) is 5.18. The maximum absolute atomic E-state index is 12.7. The maximum atomic E-state index is 12.7. The number of aromatic nitrogens is 2. The molecule has 0 aliphatic heterocycles. The van der Waals surface area contributed by atoms with Gasteiger partial charge in [0, 0.05) is 12.2 Å². The van der Waals surface area contributed by atoms with Crippen LogP contribution in [-0.2, 0) is 6.18 Å². The summed E-state index contributed by atoms with van der Waals surface area (Å²) in [5, 5.41) is 6.08. The molecule has 0 unspecified atom stereocenters. The molecule has 0 bridgehead atoms. The number of hydrogen-bond acceptors (Lipinski definition) is 4. The van der Waals surface area contributed by atoms with Gasteiger partial charge in [0.2, 0.25) is 5.95 Å². The average molecular weight is 329 g/mol. The molecule has 0 spiro atoms. The lowest BCUT2D eigenvalue weighted by Crippen LogP contribution is -2.07. The van der Waals surface area contributed by atoms with E-state index in [4.69, 9.17) is 11.6 Å². The molecular weight excluding hydrogens is 317 g/mol. The van der Waals surface area contributed by atoms with Gasteiger partial charge in [0.1, 0.15) is 5.82 Å². The number of anilines is 3. The molecule has 1 heterocycles.